The zero-order chi connectivity index (χ0) is 66.0. The summed E-state index contributed by atoms with van der Waals surface area (Å²) in [5, 5.41) is 21.7. The van der Waals surface area contributed by atoms with E-state index in [0.717, 1.165) is 148 Å². The Bertz CT molecular complexity index is 6450. The van der Waals surface area contributed by atoms with Gasteiger partial charge in [0.2, 0.25) is 5.69 Å². The first kappa shape index (κ1) is 55.7. The molecule has 100 heavy (non-hydrogen) atoms. The number of para-hydroxylation sites is 6. The summed E-state index contributed by atoms with van der Waals surface area (Å²) < 4.78 is 9.56. The lowest BCUT2D eigenvalue weighted by atomic mass is 9.67. The van der Waals surface area contributed by atoms with Crippen LogP contribution in [0.15, 0.2) is 340 Å². The summed E-state index contributed by atoms with van der Waals surface area (Å²) in [6.07, 6.45) is 0. The summed E-state index contributed by atoms with van der Waals surface area (Å²) in [7, 11) is 0. The maximum absolute atomic E-state index is 13.5. The highest BCUT2D eigenvalue weighted by Gasteiger charge is 2.50. The van der Waals surface area contributed by atoms with E-state index in [1.165, 1.54) is 5.56 Å². The minimum atomic E-state index is -0.759. The fraction of sp³-hybridized carbons (Fsp3) is 0.0213. The van der Waals surface area contributed by atoms with Gasteiger partial charge in [-0.25, -0.2) is 4.85 Å². The third-order valence-electron chi connectivity index (χ3n) is 22.2. The van der Waals surface area contributed by atoms with Crippen LogP contribution < -0.4 is 0 Å². The summed E-state index contributed by atoms with van der Waals surface area (Å²) in [5.41, 5.74) is 22.6. The molecule has 15 aromatic carbocycles. The van der Waals surface area contributed by atoms with Crippen LogP contribution in [0.4, 0.5) is 5.69 Å². The van der Waals surface area contributed by atoms with Crippen molar-refractivity contribution in [3.63, 3.8) is 0 Å². The molecule has 0 atom stereocenters. The Morgan fingerprint density at radius 1 is 0.260 bits per heavy atom. The molecule has 6 nitrogen and oxygen atoms in total. The van der Waals surface area contributed by atoms with Crippen molar-refractivity contribution < 1.29 is 0 Å². The Hall–Kier alpha value is -13.5. The molecule has 21 rings (SSSR count). The highest BCUT2D eigenvalue weighted by molar-refractivity contribution is 6.21. The molecule has 0 radical (unpaired) electrons. The molecule has 0 bridgehead atoms. The first-order chi connectivity index (χ1) is 49.6. The molecular weight excluding hydrogens is 1210 g/mol. The van der Waals surface area contributed by atoms with Crippen molar-refractivity contribution in [3.8, 4) is 51.1 Å². The number of rotatable bonds is 8. The first-order valence-corrected chi connectivity index (χ1v) is 34.2. The minimum absolute atomic E-state index is 0.327. The van der Waals surface area contributed by atoms with Crippen LogP contribution in [0.25, 0.3) is 137 Å². The summed E-state index contributed by atoms with van der Waals surface area (Å²) in [5.74, 6) is 0. The minimum Gasteiger partial charge on any atom is -0.317 e. The predicted octanol–water partition coefficient (Wildman–Crippen LogP) is 23.2. The molecule has 4 heterocycles. The highest BCUT2D eigenvalue weighted by atomic mass is 15.1. The van der Waals surface area contributed by atoms with E-state index in [2.05, 4.69) is 364 Å². The van der Waals surface area contributed by atoms with Crippen molar-refractivity contribution in [3.05, 3.63) is 401 Å². The Kier molecular flexibility index (Phi) is 11.7. The Morgan fingerprint density at radius 2 is 0.550 bits per heavy atom. The van der Waals surface area contributed by atoms with Gasteiger partial charge in [0.05, 0.1) is 89.8 Å². The zero-order valence-electron chi connectivity index (χ0n) is 54.0. The Balaban J connectivity index is 1.04. The molecule has 0 amide bonds. The average molecular weight is 1270 g/mol. The van der Waals surface area contributed by atoms with Gasteiger partial charge in [0.15, 0.2) is 0 Å². The molecule has 4 aromatic heterocycles. The highest BCUT2D eigenvalue weighted by Crippen LogP contribution is 2.62. The molecule has 6 heteroatoms. The fourth-order valence-electron chi connectivity index (χ4n) is 18.5. The third-order valence-corrected chi connectivity index (χ3v) is 22.2. The number of nitriles is 1. The van der Waals surface area contributed by atoms with Gasteiger partial charge in [-0.05, 0) is 92.0 Å². The van der Waals surface area contributed by atoms with Gasteiger partial charge < -0.3 is 18.3 Å². The molecule has 0 saturated heterocycles. The van der Waals surface area contributed by atoms with Gasteiger partial charge in [0.1, 0.15) is 6.07 Å². The number of nitrogens with zero attached hydrogens (tertiary/aromatic N) is 6. The van der Waals surface area contributed by atoms with Crippen LogP contribution in [-0.4, -0.2) is 18.3 Å². The Morgan fingerprint density at radius 3 is 0.900 bits per heavy atom. The quantitative estimate of drug-likeness (QED) is 0.140. The molecule has 0 unspecified atom stereocenters. The van der Waals surface area contributed by atoms with Crippen LogP contribution in [0.1, 0.15) is 50.1 Å². The first-order valence-electron chi connectivity index (χ1n) is 34.2. The molecule has 0 spiro atoms. The lowest BCUT2D eigenvalue weighted by molar-refractivity contribution is 0.769. The van der Waals surface area contributed by atoms with Gasteiger partial charge >= 0.3 is 0 Å². The van der Waals surface area contributed by atoms with Crippen LogP contribution in [0.5, 0.6) is 0 Å². The molecular formula is C94H56N6. The third kappa shape index (κ3) is 7.07. The van der Waals surface area contributed by atoms with Gasteiger partial charge in [-0.2, -0.15) is 5.26 Å². The van der Waals surface area contributed by atoms with Gasteiger partial charge in [-0.1, -0.05) is 303 Å². The molecule has 462 valence electrons. The number of benzene rings is 15. The largest absolute Gasteiger partial charge is 0.317 e. The summed E-state index contributed by atoms with van der Waals surface area (Å²) in [6.45, 7) is 10.5. The fourth-order valence-corrected chi connectivity index (χ4v) is 18.5. The van der Waals surface area contributed by atoms with Crippen molar-refractivity contribution in [2.75, 3.05) is 0 Å². The standard InChI is InChI=1S/C94H56N6/c1-96-86-89(99-82-52-28-20-42-67(82)69-54-56-76-84(87(69)99)71-44-14-22-46-74(71)93(76,59-30-6-2-7-31-59)60-32-8-3-9-33-60)73(58-95)90(97-78-48-24-16-38-63(78)64-39-17-25-49-79(64)97)92(91(86)98-80-50-26-18-40-65(80)66-41-19-27-51-81(66)98)100-83-53-29-21-43-68(83)70-55-57-77-85(88(70)100)72-45-15-23-47-75(72)94(77,61-34-10-4-11-35-61)62-36-12-5-13-37-62/h2-57H. The van der Waals surface area contributed by atoms with E-state index in [1.807, 2.05) is 0 Å². The van der Waals surface area contributed by atoms with E-state index in [9.17, 15) is 11.8 Å². The lowest BCUT2D eigenvalue weighted by Gasteiger charge is -2.34. The Labute approximate surface area is 576 Å². The zero-order valence-corrected chi connectivity index (χ0v) is 54.0. The molecule has 0 aliphatic heterocycles. The average Bonchev–Trinajstić information content (AvgIpc) is 1.50. The second kappa shape index (κ2) is 21.0. The maximum Gasteiger partial charge on any atom is 0.237 e. The maximum atomic E-state index is 13.5. The van der Waals surface area contributed by atoms with E-state index in [0.29, 0.717) is 34.0 Å². The second-order valence-electron chi connectivity index (χ2n) is 26.6. The summed E-state index contributed by atoms with van der Waals surface area (Å²) in [4.78, 5) is 5.10. The van der Waals surface area contributed by atoms with E-state index in [-0.39, 0.29) is 0 Å². The topological polar surface area (TPSA) is 47.9 Å². The summed E-state index contributed by atoms with van der Waals surface area (Å²) >= 11 is 0. The van der Waals surface area contributed by atoms with Crippen molar-refractivity contribution in [2.24, 2.45) is 0 Å². The van der Waals surface area contributed by atoms with Gasteiger partial charge in [-0.3, -0.25) is 0 Å². The van der Waals surface area contributed by atoms with Crippen molar-refractivity contribution in [2.45, 2.75) is 10.8 Å². The monoisotopic (exact) mass is 1270 g/mol. The second-order valence-corrected chi connectivity index (χ2v) is 26.6. The van der Waals surface area contributed by atoms with Crippen LogP contribution >= 0.6 is 0 Å². The smallest absolute Gasteiger partial charge is 0.237 e. The number of fused-ring (bicyclic) bond motifs is 20. The molecule has 2 aliphatic carbocycles. The van der Waals surface area contributed by atoms with Crippen LogP contribution in [0, 0.1) is 17.9 Å². The lowest BCUT2D eigenvalue weighted by Crippen LogP contribution is -2.28. The van der Waals surface area contributed by atoms with Gasteiger partial charge in [0, 0.05) is 54.2 Å². The SMILES string of the molecule is [C-]#[N+]c1c(-n2c3ccccc3c3ccccc32)c(-n2c3ccccc3c3ccc4c(c32)-c2ccccc2C4(c2ccccc2)c2ccccc2)c(-n2c3ccccc3c3ccccc32)c(C#N)c1-n1c2ccccc2c2ccc3c(c21)-c1ccccc1C3(c1ccccc1)c1ccccc1. The normalized spacial score (nSPS) is 13.3. The van der Waals surface area contributed by atoms with Crippen LogP contribution in [0.2, 0.25) is 0 Å². The van der Waals surface area contributed by atoms with E-state index in [1.54, 1.807) is 0 Å². The van der Waals surface area contributed by atoms with E-state index < -0.39 is 10.8 Å². The molecule has 19 aromatic rings. The number of hydrogen-bond donors (Lipinski definition) is 0. The molecule has 0 N–H and O–H groups in total. The number of aromatic nitrogens is 4. The molecule has 2 aliphatic rings. The summed E-state index contributed by atoms with van der Waals surface area (Å²) in [6, 6.07) is 126. The van der Waals surface area contributed by atoms with Gasteiger partial charge in [0.25, 0.3) is 0 Å². The predicted molar refractivity (Wildman–Crippen MR) is 409 cm³/mol. The van der Waals surface area contributed by atoms with Crippen LogP contribution in [0.3, 0.4) is 0 Å². The van der Waals surface area contributed by atoms with E-state index >= 15 is 0 Å². The van der Waals surface area contributed by atoms with Crippen molar-refractivity contribution >= 4 is 92.9 Å². The number of hydrogen-bond acceptors (Lipinski definition) is 1. The molecule has 0 fully saturated rings. The van der Waals surface area contributed by atoms with Crippen molar-refractivity contribution in [1.29, 1.82) is 5.26 Å². The van der Waals surface area contributed by atoms with Crippen LogP contribution in [-0.2, 0) is 10.8 Å². The van der Waals surface area contributed by atoms with Gasteiger partial charge in [-0.15, -0.1) is 0 Å². The van der Waals surface area contributed by atoms with Crippen molar-refractivity contribution in [1.82, 2.24) is 18.3 Å². The molecule has 0 saturated carbocycles. The van der Waals surface area contributed by atoms with E-state index in [4.69, 9.17) is 4.85 Å².